The number of carbonyl (C=O) groups excluding carboxylic acids is 2. The molecule has 6 nitrogen and oxygen atoms in total. The summed E-state index contributed by atoms with van der Waals surface area (Å²) in [7, 11) is -4.13. The third-order valence-corrected chi connectivity index (χ3v) is 4.76. The van der Waals surface area contributed by atoms with E-state index in [2.05, 4.69) is 4.74 Å². The molecule has 2 saturated carbocycles. The smallest absolute Gasteiger partial charge is 0.313 e. The number of fused-ring (bicyclic) bond motifs is 2. The molecular weight excluding hydrogens is 272 g/mol. The molecule has 0 aromatic carbocycles. The first-order valence-corrected chi connectivity index (χ1v) is 8.09. The fraction of sp³-hybridized carbons (Fsp3) is 0.833. The second-order valence-corrected chi connectivity index (χ2v) is 7.00. The highest BCUT2D eigenvalue weighted by Gasteiger charge is 2.43. The summed E-state index contributed by atoms with van der Waals surface area (Å²) >= 11 is 0. The molecule has 2 aliphatic rings. The molecule has 2 bridgehead atoms. The summed E-state index contributed by atoms with van der Waals surface area (Å²) in [5.74, 6) is -0.410. The first kappa shape index (κ1) is 14.5. The Morgan fingerprint density at radius 1 is 1.21 bits per heavy atom. The quantitative estimate of drug-likeness (QED) is 0.441. The van der Waals surface area contributed by atoms with Crippen LogP contribution in [0.5, 0.6) is 0 Å². The minimum atomic E-state index is -4.13. The maximum absolute atomic E-state index is 11.9. The molecule has 0 heterocycles. The largest absolute Gasteiger partial charge is 0.464 e. The van der Waals surface area contributed by atoms with Crippen LogP contribution in [0.4, 0.5) is 0 Å². The van der Waals surface area contributed by atoms with Gasteiger partial charge in [0.15, 0.2) is 0 Å². The number of hydrogen-bond acceptors (Lipinski definition) is 5. The minimum Gasteiger partial charge on any atom is -0.464 e. The van der Waals surface area contributed by atoms with Gasteiger partial charge in [0, 0.05) is 5.92 Å². The summed E-state index contributed by atoms with van der Waals surface area (Å²) in [4.78, 5) is 23.3. The summed E-state index contributed by atoms with van der Waals surface area (Å²) in [6.07, 6.45) is 3.93. The monoisotopic (exact) mass is 290 g/mol. The van der Waals surface area contributed by atoms with Gasteiger partial charge in [-0.1, -0.05) is 6.42 Å². The van der Waals surface area contributed by atoms with E-state index in [4.69, 9.17) is 4.55 Å². The van der Waals surface area contributed by atoms with Crippen molar-refractivity contribution >= 4 is 21.9 Å². The third-order valence-electron chi connectivity index (χ3n) is 4.07. The Bertz CT molecular complexity index is 469. The van der Waals surface area contributed by atoms with Crippen molar-refractivity contribution < 1.29 is 27.3 Å². The van der Waals surface area contributed by atoms with Gasteiger partial charge in [-0.15, -0.1) is 0 Å². The Kier molecular flexibility index (Phi) is 4.25. The number of rotatable bonds is 6. The van der Waals surface area contributed by atoms with Gasteiger partial charge >= 0.3 is 5.97 Å². The molecule has 2 aliphatic carbocycles. The number of hydrogen-bond donors (Lipinski definition) is 1. The predicted octanol–water partition coefficient (Wildman–Crippen LogP) is 0.813. The molecule has 1 N–H and O–H groups in total. The molecule has 3 unspecified atom stereocenters. The molecule has 2 rings (SSSR count). The number of ketones is 1. The van der Waals surface area contributed by atoms with Crippen molar-refractivity contribution in [2.75, 3.05) is 12.4 Å². The first-order valence-electron chi connectivity index (χ1n) is 6.48. The van der Waals surface area contributed by atoms with Gasteiger partial charge in [0.25, 0.3) is 10.1 Å². The van der Waals surface area contributed by atoms with Crippen LogP contribution in [-0.2, 0) is 24.4 Å². The minimum absolute atomic E-state index is 0.0205. The van der Waals surface area contributed by atoms with Gasteiger partial charge < -0.3 is 4.74 Å². The van der Waals surface area contributed by atoms with Crippen LogP contribution in [0, 0.1) is 17.8 Å². The van der Waals surface area contributed by atoms with Crippen LogP contribution >= 0.6 is 0 Å². The van der Waals surface area contributed by atoms with E-state index in [1.807, 2.05) is 0 Å². The van der Waals surface area contributed by atoms with E-state index in [9.17, 15) is 18.0 Å². The average molecular weight is 290 g/mol. The fourth-order valence-electron chi connectivity index (χ4n) is 3.22. The van der Waals surface area contributed by atoms with Crippen LogP contribution < -0.4 is 0 Å². The zero-order chi connectivity index (χ0) is 14.0. The summed E-state index contributed by atoms with van der Waals surface area (Å²) in [5, 5.41) is 0. The lowest BCUT2D eigenvalue weighted by Crippen LogP contribution is -2.25. The zero-order valence-electron chi connectivity index (χ0n) is 10.6. The molecule has 7 heteroatoms. The molecule has 0 amide bonds. The number of Topliss-reactive ketones (excluding diaryl/α,β-unsaturated/α-hetero) is 1. The topological polar surface area (TPSA) is 97.7 Å². The van der Waals surface area contributed by atoms with Gasteiger partial charge in [-0.25, -0.2) is 0 Å². The van der Waals surface area contributed by atoms with E-state index in [1.165, 1.54) is 6.42 Å². The van der Waals surface area contributed by atoms with Crippen LogP contribution in [0.3, 0.4) is 0 Å². The molecule has 0 aromatic rings. The highest BCUT2D eigenvalue weighted by atomic mass is 32.2. The lowest BCUT2D eigenvalue weighted by atomic mass is 9.85. The fourth-order valence-corrected chi connectivity index (χ4v) is 3.52. The van der Waals surface area contributed by atoms with Crippen molar-refractivity contribution in [1.82, 2.24) is 0 Å². The second-order valence-electron chi connectivity index (χ2n) is 5.43. The number of ether oxygens (including phenoxy) is 1. The highest BCUT2D eigenvalue weighted by Crippen LogP contribution is 2.48. The molecule has 3 atom stereocenters. The lowest BCUT2D eigenvalue weighted by Gasteiger charge is -2.19. The van der Waals surface area contributed by atoms with Gasteiger partial charge in [-0.05, 0) is 31.1 Å². The van der Waals surface area contributed by atoms with Crippen LogP contribution in [-0.4, -0.2) is 37.1 Å². The zero-order valence-corrected chi connectivity index (χ0v) is 11.4. The van der Waals surface area contributed by atoms with Crippen molar-refractivity contribution in [3.63, 3.8) is 0 Å². The van der Waals surface area contributed by atoms with E-state index in [0.717, 1.165) is 19.3 Å². The van der Waals surface area contributed by atoms with E-state index >= 15 is 0 Å². The summed E-state index contributed by atoms with van der Waals surface area (Å²) in [6, 6.07) is 0. The maximum Gasteiger partial charge on any atom is 0.313 e. The van der Waals surface area contributed by atoms with E-state index in [1.54, 1.807) is 0 Å². The van der Waals surface area contributed by atoms with Gasteiger partial charge in [0.05, 0.1) is 0 Å². The lowest BCUT2D eigenvalue weighted by molar-refractivity contribution is -0.146. The van der Waals surface area contributed by atoms with Crippen LogP contribution in [0.2, 0.25) is 0 Å². The Labute approximate surface area is 112 Å². The van der Waals surface area contributed by atoms with Crippen LogP contribution in [0.15, 0.2) is 0 Å². The number of carbonyl (C=O) groups is 2. The molecule has 0 aliphatic heterocycles. The molecule has 19 heavy (non-hydrogen) atoms. The summed E-state index contributed by atoms with van der Waals surface area (Å²) in [6.45, 7) is -0.415. The SMILES string of the molecule is O=C(CC(=O)C1CC2CCC1C2)OCCS(=O)(=O)O. The van der Waals surface area contributed by atoms with E-state index in [0.29, 0.717) is 11.8 Å². The van der Waals surface area contributed by atoms with Crippen molar-refractivity contribution in [2.24, 2.45) is 17.8 Å². The Morgan fingerprint density at radius 2 is 1.95 bits per heavy atom. The standard InChI is InChI=1S/C12H18O6S/c13-11(10-6-8-1-2-9(10)5-8)7-12(14)18-3-4-19(15,16)17/h8-10H,1-7H2,(H,15,16,17). The summed E-state index contributed by atoms with van der Waals surface area (Å²) < 4.78 is 34.0. The molecular formula is C12H18O6S. The van der Waals surface area contributed by atoms with Gasteiger partial charge in [0.1, 0.15) is 24.6 Å². The molecule has 0 radical (unpaired) electrons. The Balaban J connectivity index is 1.72. The van der Waals surface area contributed by atoms with E-state index < -0.39 is 28.4 Å². The average Bonchev–Trinajstić information content (AvgIpc) is 2.88. The molecule has 0 spiro atoms. The van der Waals surface area contributed by atoms with Crippen LogP contribution in [0.25, 0.3) is 0 Å². The second kappa shape index (κ2) is 5.58. The summed E-state index contributed by atoms with van der Waals surface area (Å²) in [5.41, 5.74) is 0. The highest BCUT2D eigenvalue weighted by molar-refractivity contribution is 7.85. The third kappa shape index (κ3) is 4.01. The van der Waals surface area contributed by atoms with Gasteiger partial charge in [-0.2, -0.15) is 8.42 Å². The maximum atomic E-state index is 11.9. The van der Waals surface area contributed by atoms with Crippen molar-refractivity contribution in [2.45, 2.75) is 32.1 Å². The molecule has 0 saturated heterocycles. The van der Waals surface area contributed by atoms with Crippen molar-refractivity contribution in [1.29, 1.82) is 0 Å². The van der Waals surface area contributed by atoms with E-state index in [-0.39, 0.29) is 18.1 Å². The van der Waals surface area contributed by atoms with Crippen LogP contribution in [0.1, 0.15) is 32.1 Å². The Morgan fingerprint density at radius 3 is 2.47 bits per heavy atom. The molecule has 2 fully saturated rings. The number of esters is 1. The van der Waals surface area contributed by atoms with Gasteiger partial charge in [0.2, 0.25) is 0 Å². The van der Waals surface area contributed by atoms with Crippen molar-refractivity contribution in [3.8, 4) is 0 Å². The normalized spacial score (nSPS) is 29.4. The van der Waals surface area contributed by atoms with Crippen molar-refractivity contribution in [3.05, 3.63) is 0 Å². The molecule has 0 aromatic heterocycles. The first-order chi connectivity index (χ1) is 8.85. The molecule has 108 valence electrons. The van der Waals surface area contributed by atoms with Gasteiger partial charge in [-0.3, -0.25) is 14.1 Å². The predicted molar refractivity (Wildman–Crippen MR) is 65.9 cm³/mol. The Hall–Kier alpha value is -0.950.